The molecular formula is C20H21N3O2. The standard InChI is InChI=1S/C20H21N3O2/c1-20(2,25-3)14-9-7-13(8-10-14)18-22-16-6-4-5-15-17(16)23(18)12-11-21-19(15)24/h4-10H,11-12H2,1-3H3,(H,21,24). The Morgan fingerprint density at radius 3 is 2.64 bits per heavy atom. The maximum Gasteiger partial charge on any atom is 0.253 e. The first-order valence-corrected chi connectivity index (χ1v) is 8.45. The van der Waals surface area contributed by atoms with Gasteiger partial charge in [0.25, 0.3) is 5.91 Å². The number of ether oxygens (including phenoxy) is 1. The summed E-state index contributed by atoms with van der Waals surface area (Å²) in [5, 5.41) is 2.95. The number of para-hydroxylation sites is 1. The van der Waals surface area contributed by atoms with Gasteiger partial charge < -0.3 is 14.6 Å². The van der Waals surface area contributed by atoms with Gasteiger partial charge in [0.1, 0.15) is 5.82 Å². The van der Waals surface area contributed by atoms with Crippen molar-refractivity contribution in [1.29, 1.82) is 0 Å². The summed E-state index contributed by atoms with van der Waals surface area (Å²) >= 11 is 0. The highest BCUT2D eigenvalue weighted by Gasteiger charge is 2.23. The van der Waals surface area contributed by atoms with Crippen LogP contribution >= 0.6 is 0 Å². The number of carbonyl (C=O) groups excluding carboxylic acids is 1. The molecule has 5 nitrogen and oxygen atoms in total. The number of amides is 1. The third kappa shape index (κ3) is 2.51. The lowest BCUT2D eigenvalue weighted by molar-refractivity contribution is 0.0192. The minimum Gasteiger partial charge on any atom is -0.374 e. The molecule has 0 saturated heterocycles. The largest absolute Gasteiger partial charge is 0.374 e. The predicted octanol–water partition coefficient (Wildman–Crippen LogP) is 3.33. The van der Waals surface area contributed by atoms with Gasteiger partial charge in [-0.2, -0.15) is 0 Å². The molecule has 0 fully saturated rings. The van der Waals surface area contributed by atoms with E-state index in [0.717, 1.165) is 28.0 Å². The van der Waals surface area contributed by atoms with Gasteiger partial charge in [-0.05, 0) is 31.5 Å². The second kappa shape index (κ2) is 5.70. The SMILES string of the molecule is COC(C)(C)c1ccc(-c2nc3cccc4c3n2CCNC4=O)cc1. The van der Waals surface area contributed by atoms with E-state index in [1.807, 2.05) is 32.0 Å². The third-order valence-electron chi connectivity index (χ3n) is 4.98. The smallest absolute Gasteiger partial charge is 0.253 e. The zero-order chi connectivity index (χ0) is 17.6. The van der Waals surface area contributed by atoms with E-state index in [1.54, 1.807) is 7.11 Å². The molecule has 1 aliphatic rings. The molecule has 0 radical (unpaired) electrons. The fourth-order valence-corrected chi connectivity index (χ4v) is 3.32. The maximum absolute atomic E-state index is 12.3. The summed E-state index contributed by atoms with van der Waals surface area (Å²) in [4.78, 5) is 17.1. The van der Waals surface area contributed by atoms with Crippen LogP contribution in [-0.2, 0) is 16.9 Å². The quantitative estimate of drug-likeness (QED) is 0.799. The monoisotopic (exact) mass is 335 g/mol. The van der Waals surface area contributed by atoms with Crippen LogP contribution in [0.3, 0.4) is 0 Å². The summed E-state index contributed by atoms with van der Waals surface area (Å²) in [6, 6.07) is 14.0. The number of rotatable bonds is 3. The highest BCUT2D eigenvalue weighted by Crippen LogP contribution is 2.30. The van der Waals surface area contributed by atoms with E-state index in [2.05, 4.69) is 34.1 Å². The summed E-state index contributed by atoms with van der Waals surface area (Å²) in [5.74, 6) is 0.855. The van der Waals surface area contributed by atoms with Crippen molar-refractivity contribution in [1.82, 2.24) is 14.9 Å². The zero-order valence-corrected chi connectivity index (χ0v) is 14.7. The van der Waals surface area contributed by atoms with E-state index in [9.17, 15) is 4.79 Å². The Morgan fingerprint density at radius 1 is 1.16 bits per heavy atom. The number of carbonyl (C=O) groups is 1. The number of hydrogen-bond donors (Lipinski definition) is 1. The van der Waals surface area contributed by atoms with Crippen LogP contribution in [0.2, 0.25) is 0 Å². The van der Waals surface area contributed by atoms with Crippen LogP contribution in [0.5, 0.6) is 0 Å². The van der Waals surface area contributed by atoms with Gasteiger partial charge in [-0.3, -0.25) is 4.79 Å². The van der Waals surface area contributed by atoms with Crippen LogP contribution in [0.25, 0.3) is 22.4 Å². The molecule has 1 amide bonds. The minimum atomic E-state index is -0.328. The van der Waals surface area contributed by atoms with Crippen LogP contribution in [0.4, 0.5) is 0 Å². The van der Waals surface area contributed by atoms with Crippen LogP contribution in [0.1, 0.15) is 29.8 Å². The number of imidazole rings is 1. The van der Waals surface area contributed by atoms with E-state index in [1.165, 1.54) is 0 Å². The topological polar surface area (TPSA) is 56.1 Å². The summed E-state index contributed by atoms with van der Waals surface area (Å²) in [5.41, 5.74) is 4.27. The van der Waals surface area contributed by atoms with E-state index in [0.29, 0.717) is 18.7 Å². The molecule has 128 valence electrons. The molecule has 2 heterocycles. The van der Waals surface area contributed by atoms with E-state index in [4.69, 9.17) is 9.72 Å². The van der Waals surface area contributed by atoms with Crippen molar-refractivity contribution in [3.05, 3.63) is 53.6 Å². The molecule has 1 N–H and O–H groups in total. The molecule has 2 aromatic carbocycles. The van der Waals surface area contributed by atoms with Crippen molar-refractivity contribution in [3.63, 3.8) is 0 Å². The van der Waals surface area contributed by atoms with Gasteiger partial charge >= 0.3 is 0 Å². The Labute approximate surface area is 146 Å². The second-order valence-electron chi connectivity index (χ2n) is 6.81. The normalized spacial score (nSPS) is 14.4. The van der Waals surface area contributed by atoms with Crippen LogP contribution < -0.4 is 5.32 Å². The second-order valence-corrected chi connectivity index (χ2v) is 6.81. The third-order valence-corrected chi connectivity index (χ3v) is 4.98. The van der Waals surface area contributed by atoms with Crippen molar-refractivity contribution < 1.29 is 9.53 Å². The number of benzene rings is 2. The fourth-order valence-electron chi connectivity index (χ4n) is 3.32. The molecule has 1 aromatic heterocycles. The molecule has 0 saturated carbocycles. The fraction of sp³-hybridized carbons (Fsp3) is 0.300. The van der Waals surface area contributed by atoms with Crippen molar-refractivity contribution in [2.45, 2.75) is 26.0 Å². The van der Waals surface area contributed by atoms with E-state index >= 15 is 0 Å². The number of hydrogen-bond acceptors (Lipinski definition) is 3. The molecule has 25 heavy (non-hydrogen) atoms. The lowest BCUT2D eigenvalue weighted by Gasteiger charge is -2.23. The van der Waals surface area contributed by atoms with Gasteiger partial charge in [-0.1, -0.05) is 30.3 Å². The summed E-state index contributed by atoms with van der Waals surface area (Å²) < 4.78 is 7.69. The summed E-state index contributed by atoms with van der Waals surface area (Å²) in [6.07, 6.45) is 0. The zero-order valence-electron chi connectivity index (χ0n) is 14.7. The van der Waals surface area contributed by atoms with Crippen molar-refractivity contribution in [2.75, 3.05) is 13.7 Å². The Morgan fingerprint density at radius 2 is 1.92 bits per heavy atom. The average Bonchev–Trinajstić information content (AvgIpc) is 2.91. The predicted molar refractivity (Wildman–Crippen MR) is 97.5 cm³/mol. The highest BCUT2D eigenvalue weighted by atomic mass is 16.5. The van der Waals surface area contributed by atoms with E-state index in [-0.39, 0.29) is 11.5 Å². The lowest BCUT2D eigenvalue weighted by Crippen LogP contribution is -2.24. The Hall–Kier alpha value is -2.66. The van der Waals surface area contributed by atoms with Gasteiger partial charge in [-0.25, -0.2) is 4.98 Å². The first-order chi connectivity index (χ1) is 12.0. The molecule has 0 bridgehead atoms. The Balaban J connectivity index is 1.86. The van der Waals surface area contributed by atoms with Crippen molar-refractivity contribution >= 4 is 16.9 Å². The van der Waals surface area contributed by atoms with Gasteiger partial charge in [-0.15, -0.1) is 0 Å². The first kappa shape index (κ1) is 15.8. The van der Waals surface area contributed by atoms with Crippen LogP contribution in [-0.4, -0.2) is 29.1 Å². The van der Waals surface area contributed by atoms with Gasteiger partial charge in [0.2, 0.25) is 0 Å². The van der Waals surface area contributed by atoms with Gasteiger partial charge in [0.05, 0.1) is 22.2 Å². The molecule has 0 atom stereocenters. The first-order valence-electron chi connectivity index (χ1n) is 8.45. The lowest BCUT2D eigenvalue weighted by atomic mass is 9.97. The average molecular weight is 335 g/mol. The molecule has 3 aromatic rings. The molecule has 0 unspecified atom stereocenters. The Bertz CT molecular complexity index is 955. The van der Waals surface area contributed by atoms with Gasteiger partial charge in [0.15, 0.2) is 0 Å². The number of aromatic nitrogens is 2. The molecule has 5 heteroatoms. The summed E-state index contributed by atoms with van der Waals surface area (Å²) in [7, 11) is 1.72. The molecular weight excluding hydrogens is 314 g/mol. The molecule has 0 aliphatic carbocycles. The van der Waals surface area contributed by atoms with Crippen molar-refractivity contribution in [2.24, 2.45) is 0 Å². The highest BCUT2D eigenvalue weighted by molar-refractivity contribution is 6.06. The maximum atomic E-state index is 12.3. The molecule has 0 spiro atoms. The van der Waals surface area contributed by atoms with E-state index < -0.39 is 0 Å². The van der Waals surface area contributed by atoms with Crippen LogP contribution in [0, 0.1) is 0 Å². The number of nitrogens with one attached hydrogen (secondary N) is 1. The molecule has 4 rings (SSSR count). The number of methoxy groups -OCH3 is 1. The Kier molecular flexibility index (Phi) is 3.62. The molecule has 1 aliphatic heterocycles. The van der Waals surface area contributed by atoms with Crippen molar-refractivity contribution in [3.8, 4) is 11.4 Å². The number of nitrogens with zero attached hydrogens (tertiary/aromatic N) is 2. The summed E-state index contributed by atoms with van der Waals surface area (Å²) in [6.45, 7) is 5.40. The van der Waals surface area contributed by atoms with Crippen LogP contribution in [0.15, 0.2) is 42.5 Å². The van der Waals surface area contributed by atoms with Gasteiger partial charge in [0, 0.05) is 25.8 Å². The minimum absolute atomic E-state index is 0.0343.